The molecule has 2 atom stereocenters. The molecular formula is C17H15NO2. The molecule has 100 valence electrons. The molecule has 1 aromatic carbocycles. The van der Waals surface area contributed by atoms with Crippen LogP contribution in [0.5, 0.6) is 0 Å². The molecule has 3 heteroatoms. The standard InChI is InChI=1S/C17H15NO2/c19-15-14-8-2-1-5-12(14)6-3-9-17(15)16(20-17)13-7-4-10-18-11-13/h1-2,4-5,7-8,10-11,16H,3,6,9H2/t16-,17-/m0/s1. The summed E-state index contributed by atoms with van der Waals surface area (Å²) in [6.07, 6.45) is 6.13. The lowest BCUT2D eigenvalue weighted by Gasteiger charge is -2.09. The zero-order valence-electron chi connectivity index (χ0n) is 11.1. The van der Waals surface area contributed by atoms with Crippen molar-refractivity contribution in [3.8, 4) is 0 Å². The number of hydrogen-bond donors (Lipinski definition) is 0. The van der Waals surface area contributed by atoms with Gasteiger partial charge in [0.05, 0.1) is 0 Å². The molecule has 2 aliphatic rings. The van der Waals surface area contributed by atoms with Gasteiger partial charge in [-0.2, -0.15) is 0 Å². The van der Waals surface area contributed by atoms with Gasteiger partial charge in [0.2, 0.25) is 0 Å². The Morgan fingerprint density at radius 2 is 2.10 bits per heavy atom. The van der Waals surface area contributed by atoms with E-state index in [1.54, 1.807) is 12.4 Å². The average Bonchev–Trinajstić information content (AvgIpc) is 3.25. The summed E-state index contributed by atoms with van der Waals surface area (Å²) in [5.41, 5.74) is 2.33. The molecule has 1 aliphatic carbocycles. The molecule has 2 heterocycles. The molecule has 3 nitrogen and oxygen atoms in total. The second-order valence-electron chi connectivity index (χ2n) is 5.51. The van der Waals surface area contributed by atoms with E-state index in [1.165, 1.54) is 0 Å². The number of pyridine rings is 1. The molecule has 0 saturated carbocycles. The van der Waals surface area contributed by atoms with E-state index in [0.29, 0.717) is 0 Å². The highest BCUT2D eigenvalue weighted by Crippen LogP contribution is 2.55. The molecule has 1 saturated heterocycles. The summed E-state index contributed by atoms with van der Waals surface area (Å²) in [4.78, 5) is 17.0. The number of fused-ring (bicyclic) bond motifs is 1. The number of ether oxygens (including phenoxy) is 1. The molecule has 1 spiro atoms. The number of aromatic nitrogens is 1. The number of aryl methyl sites for hydroxylation is 1. The first kappa shape index (κ1) is 11.8. The third-order valence-electron chi connectivity index (χ3n) is 4.32. The van der Waals surface area contributed by atoms with Gasteiger partial charge in [0.1, 0.15) is 6.10 Å². The van der Waals surface area contributed by atoms with Crippen LogP contribution in [-0.2, 0) is 11.2 Å². The fourth-order valence-electron chi connectivity index (χ4n) is 3.25. The second kappa shape index (κ2) is 4.25. The molecule has 0 amide bonds. The van der Waals surface area contributed by atoms with Crippen LogP contribution in [0.25, 0.3) is 0 Å². The summed E-state index contributed by atoms with van der Waals surface area (Å²) in [6.45, 7) is 0. The third kappa shape index (κ3) is 1.63. The van der Waals surface area contributed by atoms with E-state index in [-0.39, 0.29) is 11.9 Å². The number of nitrogens with zero attached hydrogens (tertiary/aromatic N) is 1. The van der Waals surface area contributed by atoms with E-state index < -0.39 is 5.60 Å². The van der Waals surface area contributed by atoms with Crippen LogP contribution >= 0.6 is 0 Å². The number of carbonyl (C=O) groups is 1. The fourth-order valence-corrected chi connectivity index (χ4v) is 3.25. The maximum Gasteiger partial charge on any atom is 0.197 e. The van der Waals surface area contributed by atoms with Crippen LogP contribution in [-0.4, -0.2) is 16.4 Å². The zero-order chi connectivity index (χ0) is 13.6. The number of ketones is 1. The monoisotopic (exact) mass is 265 g/mol. The van der Waals surface area contributed by atoms with Gasteiger partial charge in [-0.05, 0) is 30.9 Å². The highest BCUT2D eigenvalue weighted by atomic mass is 16.6. The topological polar surface area (TPSA) is 42.5 Å². The number of carbonyl (C=O) groups excluding carboxylic acids is 1. The largest absolute Gasteiger partial charge is 0.352 e. The van der Waals surface area contributed by atoms with Gasteiger partial charge >= 0.3 is 0 Å². The summed E-state index contributed by atoms with van der Waals surface area (Å²) in [5, 5.41) is 0. The first-order chi connectivity index (χ1) is 9.81. The predicted molar refractivity (Wildman–Crippen MR) is 74.5 cm³/mol. The minimum Gasteiger partial charge on any atom is -0.352 e. The van der Waals surface area contributed by atoms with Gasteiger partial charge in [0, 0.05) is 23.5 Å². The fraction of sp³-hybridized carbons (Fsp3) is 0.294. The number of rotatable bonds is 1. The molecule has 0 N–H and O–H groups in total. The van der Waals surface area contributed by atoms with Gasteiger partial charge in [-0.25, -0.2) is 0 Å². The van der Waals surface area contributed by atoms with Crippen molar-refractivity contribution in [2.24, 2.45) is 0 Å². The van der Waals surface area contributed by atoms with Crippen LogP contribution in [0.15, 0.2) is 48.8 Å². The number of Topliss-reactive ketones (excluding diaryl/α,β-unsaturated/α-hetero) is 1. The van der Waals surface area contributed by atoms with Crippen molar-refractivity contribution in [3.63, 3.8) is 0 Å². The van der Waals surface area contributed by atoms with Crippen molar-refractivity contribution in [3.05, 3.63) is 65.5 Å². The van der Waals surface area contributed by atoms with E-state index in [0.717, 1.165) is 36.0 Å². The van der Waals surface area contributed by atoms with Crippen molar-refractivity contribution >= 4 is 5.78 Å². The lowest BCUT2D eigenvalue weighted by Crippen LogP contribution is -2.24. The molecular weight excluding hydrogens is 250 g/mol. The lowest BCUT2D eigenvalue weighted by molar-refractivity contribution is 0.0867. The Labute approximate surface area is 117 Å². The Morgan fingerprint density at radius 3 is 2.95 bits per heavy atom. The van der Waals surface area contributed by atoms with Crippen molar-refractivity contribution < 1.29 is 9.53 Å². The maximum atomic E-state index is 12.9. The normalized spacial score (nSPS) is 28.0. The summed E-state index contributed by atoms with van der Waals surface area (Å²) in [7, 11) is 0. The molecule has 1 aliphatic heterocycles. The third-order valence-corrected chi connectivity index (χ3v) is 4.32. The number of hydrogen-bond acceptors (Lipinski definition) is 3. The van der Waals surface area contributed by atoms with Crippen LogP contribution in [0.2, 0.25) is 0 Å². The SMILES string of the molecule is O=C1c2ccccc2CCC[C@]12O[C@H]2c1cccnc1. The molecule has 0 unspecified atom stereocenters. The van der Waals surface area contributed by atoms with Crippen LogP contribution in [0, 0.1) is 0 Å². The Balaban J connectivity index is 1.73. The molecule has 0 bridgehead atoms. The van der Waals surface area contributed by atoms with Crippen molar-refractivity contribution in [1.82, 2.24) is 4.98 Å². The maximum absolute atomic E-state index is 12.9. The summed E-state index contributed by atoms with van der Waals surface area (Å²) in [6, 6.07) is 11.8. The van der Waals surface area contributed by atoms with Gasteiger partial charge in [0.15, 0.2) is 11.4 Å². The molecule has 1 fully saturated rings. The summed E-state index contributed by atoms with van der Waals surface area (Å²) >= 11 is 0. The minimum atomic E-state index is -0.643. The van der Waals surface area contributed by atoms with Crippen molar-refractivity contribution in [2.75, 3.05) is 0 Å². The van der Waals surface area contributed by atoms with Crippen LogP contribution in [0.4, 0.5) is 0 Å². The van der Waals surface area contributed by atoms with E-state index >= 15 is 0 Å². The molecule has 4 rings (SSSR count). The van der Waals surface area contributed by atoms with E-state index in [1.807, 2.05) is 36.4 Å². The number of benzene rings is 1. The van der Waals surface area contributed by atoms with Crippen LogP contribution in [0.1, 0.15) is 40.4 Å². The van der Waals surface area contributed by atoms with Crippen LogP contribution in [0.3, 0.4) is 0 Å². The number of epoxide rings is 1. The van der Waals surface area contributed by atoms with Gasteiger partial charge < -0.3 is 4.74 Å². The van der Waals surface area contributed by atoms with Crippen molar-refractivity contribution in [1.29, 1.82) is 0 Å². The molecule has 2 aromatic rings. The van der Waals surface area contributed by atoms with Gasteiger partial charge in [-0.15, -0.1) is 0 Å². The van der Waals surface area contributed by atoms with Crippen LogP contribution < -0.4 is 0 Å². The smallest absolute Gasteiger partial charge is 0.197 e. The first-order valence-corrected chi connectivity index (χ1v) is 7.02. The first-order valence-electron chi connectivity index (χ1n) is 7.02. The zero-order valence-corrected chi connectivity index (χ0v) is 11.1. The second-order valence-corrected chi connectivity index (χ2v) is 5.51. The predicted octanol–water partition coefficient (Wildman–Crippen LogP) is 3.11. The quantitative estimate of drug-likeness (QED) is 0.744. The van der Waals surface area contributed by atoms with E-state index in [4.69, 9.17) is 4.74 Å². The van der Waals surface area contributed by atoms with Gasteiger partial charge in [0.25, 0.3) is 0 Å². The van der Waals surface area contributed by atoms with Gasteiger partial charge in [-0.1, -0.05) is 30.3 Å². The molecule has 0 radical (unpaired) electrons. The van der Waals surface area contributed by atoms with E-state index in [2.05, 4.69) is 4.98 Å². The lowest BCUT2D eigenvalue weighted by atomic mass is 9.89. The minimum absolute atomic E-state index is 0.130. The van der Waals surface area contributed by atoms with Crippen molar-refractivity contribution in [2.45, 2.75) is 31.0 Å². The highest BCUT2D eigenvalue weighted by molar-refractivity contribution is 6.06. The molecule has 1 aromatic heterocycles. The summed E-state index contributed by atoms with van der Waals surface area (Å²) in [5.74, 6) is 0.138. The Kier molecular flexibility index (Phi) is 2.51. The highest BCUT2D eigenvalue weighted by Gasteiger charge is 2.63. The molecule has 20 heavy (non-hydrogen) atoms. The van der Waals surface area contributed by atoms with Gasteiger partial charge in [-0.3, -0.25) is 9.78 Å². The van der Waals surface area contributed by atoms with E-state index in [9.17, 15) is 4.79 Å². The Hall–Kier alpha value is -2.00. The summed E-state index contributed by atoms with van der Waals surface area (Å²) < 4.78 is 5.89. The Bertz CT molecular complexity index is 668. The average molecular weight is 265 g/mol. The Morgan fingerprint density at radius 1 is 1.20 bits per heavy atom.